The van der Waals surface area contributed by atoms with E-state index in [1.54, 1.807) is 0 Å². The number of hydrogen-bond acceptors (Lipinski definition) is 4. The maximum atomic E-state index is 5.90. The molecule has 1 saturated carbocycles. The highest BCUT2D eigenvalue weighted by atomic mass is 16.7. The molecule has 1 aromatic rings. The SMILES string of the molecule is NC(=NCCOc1ccc2c(c1)OCO2)NC1CCCCC1. The summed E-state index contributed by atoms with van der Waals surface area (Å²) in [6, 6.07) is 6.02. The molecule has 0 amide bonds. The van der Waals surface area contributed by atoms with Crippen LogP contribution in [0.3, 0.4) is 0 Å². The van der Waals surface area contributed by atoms with Crippen LogP contribution in [-0.4, -0.2) is 31.9 Å². The van der Waals surface area contributed by atoms with Crippen molar-refractivity contribution in [2.45, 2.75) is 38.1 Å². The molecule has 1 aliphatic carbocycles. The van der Waals surface area contributed by atoms with Gasteiger partial charge in [-0.2, -0.15) is 0 Å². The van der Waals surface area contributed by atoms with Gasteiger partial charge >= 0.3 is 0 Å². The molecule has 0 unspecified atom stereocenters. The van der Waals surface area contributed by atoms with E-state index in [1.165, 1.54) is 32.1 Å². The molecule has 0 radical (unpaired) electrons. The smallest absolute Gasteiger partial charge is 0.231 e. The van der Waals surface area contributed by atoms with Gasteiger partial charge in [-0.1, -0.05) is 19.3 Å². The second kappa shape index (κ2) is 7.24. The average Bonchev–Trinajstić information content (AvgIpc) is 3.00. The van der Waals surface area contributed by atoms with Gasteiger partial charge in [0.25, 0.3) is 0 Å². The molecular formula is C16H23N3O3. The van der Waals surface area contributed by atoms with Gasteiger partial charge in [0, 0.05) is 12.1 Å². The van der Waals surface area contributed by atoms with Crippen molar-refractivity contribution in [1.29, 1.82) is 0 Å². The Morgan fingerprint density at radius 1 is 1.23 bits per heavy atom. The van der Waals surface area contributed by atoms with Crippen molar-refractivity contribution in [3.63, 3.8) is 0 Å². The highest BCUT2D eigenvalue weighted by Crippen LogP contribution is 2.34. The van der Waals surface area contributed by atoms with E-state index < -0.39 is 0 Å². The van der Waals surface area contributed by atoms with E-state index in [1.807, 2.05) is 18.2 Å². The number of nitrogens with zero attached hydrogens (tertiary/aromatic N) is 1. The second-order valence-corrected chi connectivity index (χ2v) is 5.61. The molecular weight excluding hydrogens is 282 g/mol. The third kappa shape index (κ3) is 3.96. The van der Waals surface area contributed by atoms with Gasteiger partial charge in [0.15, 0.2) is 17.5 Å². The lowest BCUT2D eigenvalue weighted by Gasteiger charge is -2.23. The molecule has 0 atom stereocenters. The van der Waals surface area contributed by atoms with Gasteiger partial charge in [-0.25, -0.2) is 4.99 Å². The Morgan fingerprint density at radius 3 is 2.91 bits per heavy atom. The first-order valence-electron chi connectivity index (χ1n) is 7.90. The van der Waals surface area contributed by atoms with Gasteiger partial charge in [-0.15, -0.1) is 0 Å². The van der Waals surface area contributed by atoms with Crippen LogP contribution >= 0.6 is 0 Å². The number of aliphatic imine (C=N–C) groups is 1. The van der Waals surface area contributed by atoms with Crippen LogP contribution in [0.4, 0.5) is 0 Å². The fourth-order valence-electron chi connectivity index (χ4n) is 2.80. The molecule has 3 rings (SSSR count). The van der Waals surface area contributed by atoms with Crippen molar-refractivity contribution in [2.24, 2.45) is 10.7 Å². The molecule has 0 saturated heterocycles. The molecule has 120 valence electrons. The molecule has 0 aromatic heterocycles. The summed E-state index contributed by atoms with van der Waals surface area (Å²) >= 11 is 0. The zero-order valence-corrected chi connectivity index (χ0v) is 12.7. The van der Waals surface area contributed by atoms with E-state index in [-0.39, 0.29) is 6.79 Å². The third-order valence-corrected chi connectivity index (χ3v) is 3.94. The van der Waals surface area contributed by atoms with Gasteiger partial charge in [0.05, 0.1) is 6.54 Å². The summed E-state index contributed by atoms with van der Waals surface area (Å²) < 4.78 is 16.2. The van der Waals surface area contributed by atoms with Gasteiger partial charge in [0.2, 0.25) is 6.79 Å². The Hall–Kier alpha value is -2.11. The summed E-state index contributed by atoms with van der Waals surface area (Å²) in [5, 5.41) is 3.29. The molecule has 6 heteroatoms. The minimum Gasteiger partial charge on any atom is -0.492 e. The third-order valence-electron chi connectivity index (χ3n) is 3.94. The van der Waals surface area contributed by atoms with Crippen LogP contribution < -0.4 is 25.3 Å². The number of hydrogen-bond donors (Lipinski definition) is 2. The Kier molecular flexibility index (Phi) is 4.88. The maximum Gasteiger partial charge on any atom is 0.231 e. The van der Waals surface area contributed by atoms with E-state index in [2.05, 4.69) is 10.3 Å². The first-order chi connectivity index (χ1) is 10.8. The molecule has 22 heavy (non-hydrogen) atoms. The van der Waals surface area contributed by atoms with Crippen LogP contribution in [0.25, 0.3) is 0 Å². The quantitative estimate of drug-likeness (QED) is 0.494. The normalized spacial score (nSPS) is 18.3. The summed E-state index contributed by atoms with van der Waals surface area (Å²) in [7, 11) is 0. The molecule has 3 N–H and O–H groups in total. The minimum atomic E-state index is 0.270. The number of rotatable bonds is 5. The van der Waals surface area contributed by atoms with E-state index in [0.29, 0.717) is 25.2 Å². The topological polar surface area (TPSA) is 78.1 Å². The Labute approximate surface area is 130 Å². The summed E-state index contributed by atoms with van der Waals surface area (Å²) in [5.74, 6) is 2.74. The summed E-state index contributed by atoms with van der Waals surface area (Å²) in [6.07, 6.45) is 6.25. The molecule has 6 nitrogen and oxygen atoms in total. The van der Waals surface area contributed by atoms with E-state index in [9.17, 15) is 0 Å². The highest BCUT2D eigenvalue weighted by Gasteiger charge is 2.14. The molecule has 1 aromatic carbocycles. The molecule has 0 spiro atoms. The van der Waals surface area contributed by atoms with Gasteiger partial charge in [-0.3, -0.25) is 0 Å². The Balaban J connectivity index is 1.39. The number of nitrogens with two attached hydrogens (primary N) is 1. The van der Waals surface area contributed by atoms with Gasteiger partial charge in [0.1, 0.15) is 12.4 Å². The van der Waals surface area contributed by atoms with Crippen LogP contribution in [0, 0.1) is 0 Å². The first kappa shape index (κ1) is 14.8. The molecule has 0 bridgehead atoms. The number of fused-ring (bicyclic) bond motifs is 1. The molecule has 1 heterocycles. The van der Waals surface area contributed by atoms with Crippen molar-refractivity contribution in [3.05, 3.63) is 18.2 Å². The zero-order chi connectivity index (χ0) is 15.2. The number of ether oxygens (including phenoxy) is 3. The summed E-state index contributed by atoms with van der Waals surface area (Å²) in [5.41, 5.74) is 5.90. The number of nitrogens with one attached hydrogen (secondary N) is 1. The van der Waals surface area contributed by atoms with Gasteiger partial charge < -0.3 is 25.3 Å². The van der Waals surface area contributed by atoms with Crippen molar-refractivity contribution in [3.8, 4) is 17.2 Å². The van der Waals surface area contributed by atoms with Crippen molar-refractivity contribution in [1.82, 2.24) is 5.32 Å². The standard InChI is InChI=1S/C16H23N3O3/c17-16(19-12-4-2-1-3-5-12)18-8-9-20-13-6-7-14-15(10-13)22-11-21-14/h6-7,10,12H,1-5,8-9,11H2,(H3,17,18,19). The van der Waals surface area contributed by atoms with Crippen LogP contribution in [0.15, 0.2) is 23.2 Å². The first-order valence-corrected chi connectivity index (χ1v) is 7.90. The van der Waals surface area contributed by atoms with Crippen molar-refractivity contribution >= 4 is 5.96 Å². The second-order valence-electron chi connectivity index (χ2n) is 5.61. The fraction of sp³-hybridized carbons (Fsp3) is 0.562. The van der Waals surface area contributed by atoms with E-state index in [0.717, 1.165) is 17.2 Å². The number of benzene rings is 1. The van der Waals surface area contributed by atoms with Crippen molar-refractivity contribution < 1.29 is 14.2 Å². The summed E-state index contributed by atoms with van der Waals surface area (Å²) in [6.45, 7) is 1.28. The average molecular weight is 305 g/mol. The highest BCUT2D eigenvalue weighted by molar-refractivity contribution is 5.78. The monoisotopic (exact) mass is 305 g/mol. The molecule has 1 fully saturated rings. The zero-order valence-electron chi connectivity index (χ0n) is 12.7. The predicted molar refractivity (Wildman–Crippen MR) is 84.6 cm³/mol. The fourth-order valence-corrected chi connectivity index (χ4v) is 2.80. The molecule has 2 aliphatic rings. The predicted octanol–water partition coefficient (Wildman–Crippen LogP) is 2.03. The Morgan fingerprint density at radius 2 is 2.05 bits per heavy atom. The van der Waals surface area contributed by atoms with Gasteiger partial charge in [-0.05, 0) is 25.0 Å². The lowest BCUT2D eigenvalue weighted by molar-refractivity contribution is 0.174. The van der Waals surface area contributed by atoms with Crippen LogP contribution in [0.5, 0.6) is 17.2 Å². The lowest BCUT2D eigenvalue weighted by Crippen LogP contribution is -2.41. The summed E-state index contributed by atoms with van der Waals surface area (Å²) in [4.78, 5) is 4.31. The van der Waals surface area contributed by atoms with Crippen LogP contribution in [-0.2, 0) is 0 Å². The lowest BCUT2D eigenvalue weighted by atomic mass is 9.96. The van der Waals surface area contributed by atoms with Crippen LogP contribution in [0.2, 0.25) is 0 Å². The largest absolute Gasteiger partial charge is 0.492 e. The maximum absolute atomic E-state index is 5.90. The van der Waals surface area contributed by atoms with E-state index >= 15 is 0 Å². The van der Waals surface area contributed by atoms with E-state index in [4.69, 9.17) is 19.9 Å². The van der Waals surface area contributed by atoms with Crippen molar-refractivity contribution in [2.75, 3.05) is 19.9 Å². The number of guanidine groups is 1. The molecule has 1 aliphatic heterocycles. The minimum absolute atomic E-state index is 0.270. The van der Waals surface area contributed by atoms with Crippen LogP contribution in [0.1, 0.15) is 32.1 Å². The Bertz CT molecular complexity index is 527.